The maximum Gasteiger partial charge on any atom is 0.134 e. The summed E-state index contributed by atoms with van der Waals surface area (Å²) >= 11 is 0. The van der Waals surface area contributed by atoms with Crippen molar-refractivity contribution in [3.63, 3.8) is 0 Å². The van der Waals surface area contributed by atoms with Crippen molar-refractivity contribution >= 4 is 11.0 Å². The zero-order valence-electron chi connectivity index (χ0n) is 12.2. The third-order valence-corrected chi connectivity index (χ3v) is 3.12. The average molecular weight is 261 g/mol. The molecule has 0 bridgehead atoms. The Labute approximate surface area is 114 Å². The quantitative estimate of drug-likeness (QED) is 0.894. The first-order valence-corrected chi connectivity index (χ1v) is 6.72. The van der Waals surface area contributed by atoms with E-state index in [9.17, 15) is 0 Å². The Hall–Kier alpha value is -1.32. The number of hydrogen-bond acceptors (Lipinski definition) is 3. The second-order valence-electron chi connectivity index (χ2n) is 5.94. The summed E-state index contributed by atoms with van der Waals surface area (Å²) in [7, 11) is 1.73. The van der Waals surface area contributed by atoms with Crippen LogP contribution in [-0.4, -0.2) is 19.3 Å². The number of ether oxygens (including phenoxy) is 1. The van der Waals surface area contributed by atoms with Crippen molar-refractivity contribution in [1.82, 2.24) is 5.32 Å². The van der Waals surface area contributed by atoms with Gasteiger partial charge < -0.3 is 14.5 Å². The van der Waals surface area contributed by atoms with Crippen LogP contribution in [0.15, 0.2) is 28.9 Å². The minimum absolute atomic E-state index is 0.108. The van der Waals surface area contributed by atoms with Crippen LogP contribution in [0.25, 0.3) is 11.0 Å². The summed E-state index contributed by atoms with van der Waals surface area (Å²) in [6, 6.07) is 6.35. The fourth-order valence-corrected chi connectivity index (χ4v) is 2.00. The highest BCUT2D eigenvalue weighted by atomic mass is 16.5. The molecule has 1 heterocycles. The van der Waals surface area contributed by atoms with Gasteiger partial charge in [-0.25, -0.2) is 0 Å². The number of nitrogens with one attached hydrogen (secondary N) is 1. The Balaban J connectivity index is 2.19. The lowest BCUT2D eigenvalue weighted by molar-refractivity contribution is 0.202. The molecule has 0 saturated heterocycles. The molecule has 3 heteroatoms. The van der Waals surface area contributed by atoms with E-state index in [4.69, 9.17) is 9.15 Å². The molecule has 0 aliphatic heterocycles. The number of hydrogen-bond donors (Lipinski definition) is 1. The van der Waals surface area contributed by atoms with Gasteiger partial charge in [-0.3, -0.25) is 0 Å². The van der Waals surface area contributed by atoms with Gasteiger partial charge in [0.25, 0.3) is 0 Å². The van der Waals surface area contributed by atoms with Crippen LogP contribution in [0.4, 0.5) is 0 Å². The Bertz CT molecular complexity index is 537. The molecule has 1 N–H and O–H groups in total. The van der Waals surface area contributed by atoms with Crippen molar-refractivity contribution in [3.05, 3.63) is 35.6 Å². The van der Waals surface area contributed by atoms with E-state index in [1.165, 1.54) is 16.5 Å². The fourth-order valence-electron chi connectivity index (χ4n) is 2.00. The van der Waals surface area contributed by atoms with E-state index < -0.39 is 0 Å². The standard InChI is InChI=1S/C16H23NO2/c1-16(2,3)17-10-13-11-19-15-6-5-12(7-8-18-4)9-14(13)15/h5-6,9,11,17H,7-8,10H2,1-4H3. The maximum absolute atomic E-state index is 5.60. The minimum atomic E-state index is 0.108. The van der Waals surface area contributed by atoms with Gasteiger partial charge in [-0.1, -0.05) is 6.07 Å². The van der Waals surface area contributed by atoms with Crippen LogP contribution in [0.3, 0.4) is 0 Å². The Kier molecular flexibility index (Phi) is 4.27. The normalized spacial score (nSPS) is 12.2. The van der Waals surface area contributed by atoms with Crippen LogP contribution in [0.5, 0.6) is 0 Å². The first-order chi connectivity index (χ1) is 8.99. The third kappa shape index (κ3) is 3.82. The lowest BCUT2D eigenvalue weighted by Crippen LogP contribution is -2.34. The molecule has 0 aliphatic rings. The van der Waals surface area contributed by atoms with E-state index in [2.05, 4.69) is 38.2 Å². The molecule has 0 unspecified atom stereocenters. The molecule has 1 aromatic heterocycles. The van der Waals surface area contributed by atoms with Gasteiger partial charge in [-0.15, -0.1) is 0 Å². The van der Waals surface area contributed by atoms with Crippen molar-refractivity contribution in [2.45, 2.75) is 39.3 Å². The van der Waals surface area contributed by atoms with E-state index >= 15 is 0 Å². The molecule has 0 saturated carbocycles. The average Bonchev–Trinajstić information content (AvgIpc) is 2.75. The van der Waals surface area contributed by atoms with Crippen molar-refractivity contribution in [3.8, 4) is 0 Å². The number of fused-ring (bicyclic) bond motifs is 1. The van der Waals surface area contributed by atoms with Crippen LogP contribution in [0.2, 0.25) is 0 Å². The van der Waals surface area contributed by atoms with Gasteiger partial charge in [0, 0.05) is 30.1 Å². The maximum atomic E-state index is 5.60. The zero-order chi connectivity index (χ0) is 13.9. The monoisotopic (exact) mass is 261 g/mol. The zero-order valence-corrected chi connectivity index (χ0v) is 12.2. The van der Waals surface area contributed by atoms with E-state index in [1.54, 1.807) is 7.11 Å². The number of benzene rings is 1. The summed E-state index contributed by atoms with van der Waals surface area (Å²) in [6.07, 6.45) is 2.78. The lowest BCUT2D eigenvalue weighted by atomic mass is 10.1. The predicted molar refractivity (Wildman–Crippen MR) is 78.4 cm³/mol. The van der Waals surface area contributed by atoms with Gasteiger partial charge in [0.15, 0.2) is 0 Å². The van der Waals surface area contributed by atoms with E-state index in [0.717, 1.165) is 25.2 Å². The molecular weight excluding hydrogens is 238 g/mol. The van der Waals surface area contributed by atoms with Gasteiger partial charge in [0.05, 0.1) is 12.9 Å². The molecule has 104 valence electrons. The van der Waals surface area contributed by atoms with Crippen LogP contribution in [-0.2, 0) is 17.7 Å². The molecule has 0 radical (unpaired) electrons. The molecule has 0 atom stereocenters. The summed E-state index contributed by atoms with van der Waals surface area (Å²) in [6.45, 7) is 8.07. The first kappa shape index (κ1) is 14.1. The van der Waals surface area contributed by atoms with Crippen molar-refractivity contribution in [2.75, 3.05) is 13.7 Å². The molecular formula is C16H23NO2. The lowest BCUT2D eigenvalue weighted by Gasteiger charge is -2.20. The summed E-state index contributed by atoms with van der Waals surface area (Å²) in [5.41, 5.74) is 3.56. The summed E-state index contributed by atoms with van der Waals surface area (Å²) < 4.78 is 10.7. The molecule has 3 nitrogen and oxygen atoms in total. The molecule has 2 rings (SSSR count). The Morgan fingerprint density at radius 3 is 2.74 bits per heavy atom. The highest BCUT2D eigenvalue weighted by molar-refractivity contribution is 5.81. The molecule has 1 aromatic carbocycles. The molecule has 2 aromatic rings. The molecule has 0 aliphatic carbocycles. The van der Waals surface area contributed by atoms with E-state index in [-0.39, 0.29) is 5.54 Å². The first-order valence-electron chi connectivity index (χ1n) is 6.72. The second-order valence-corrected chi connectivity index (χ2v) is 5.94. The topological polar surface area (TPSA) is 34.4 Å². The Morgan fingerprint density at radius 2 is 2.05 bits per heavy atom. The summed E-state index contributed by atoms with van der Waals surface area (Å²) in [4.78, 5) is 0. The van der Waals surface area contributed by atoms with Crippen molar-refractivity contribution in [2.24, 2.45) is 0 Å². The Morgan fingerprint density at radius 1 is 1.26 bits per heavy atom. The van der Waals surface area contributed by atoms with Gasteiger partial charge in [-0.2, -0.15) is 0 Å². The van der Waals surface area contributed by atoms with E-state index in [0.29, 0.717) is 0 Å². The van der Waals surface area contributed by atoms with E-state index in [1.807, 2.05) is 12.3 Å². The van der Waals surface area contributed by atoms with Gasteiger partial charge in [0.1, 0.15) is 5.58 Å². The van der Waals surface area contributed by atoms with Crippen LogP contribution >= 0.6 is 0 Å². The second kappa shape index (κ2) is 5.76. The highest BCUT2D eigenvalue weighted by Crippen LogP contribution is 2.23. The number of rotatable bonds is 5. The molecule has 0 amide bonds. The van der Waals surface area contributed by atoms with Gasteiger partial charge in [0.2, 0.25) is 0 Å². The van der Waals surface area contributed by atoms with Gasteiger partial charge >= 0.3 is 0 Å². The van der Waals surface area contributed by atoms with Crippen molar-refractivity contribution in [1.29, 1.82) is 0 Å². The smallest absolute Gasteiger partial charge is 0.134 e. The predicted octanol–water partition coefficient (Wildman–Crippen LogP) is 3.51. The van der Waals surface area contributed by atoms with Crippen LogP contribution < -0.4 is 5.32 Å². The summed E-state index contributed by atoms with van der Waals surface area (Å²) in [5, 5.41) is 4.69. The minimum Gasteiger partial charge on any atom is -0.464 e. The van der Waals surface area contributed by atoms with Crippen LogP contribution in [0, 0.1) is 0 Å². The SMILES string of the molecule is COCCc1ccc2occ(CNC(C)(C)C)c2c1. The third-order valence-electron chi connectivity index (χ3n) is 3.12. The summed E-state index contributed by atoms with van der Waals surface area (Å²) in [5.74, 6) is 0. The van der Waals surface area contributed by atoms with Crippen molar-refractivity contribution < 1.29 is 9.15 Å². The largest absolute Gasteiger partial charge is 0.464 e. The number of methoxy groups -OCH3 is 1. The molecule has 0 fully saturated rings. The van der Waals surface area contributed by atoms with Gasteiger partial charge in [-0.05, 0) is 44.9 Å². The molecule has 19 heavy (non-hydrogen) atoms. The van der Waals surface area contributed by atoms with Crippen LogP contribution in [0.1, 0.15) is 31.9 Å². The highest BCUT2D eigenvalue weighted by Gasteiger charge is 2.12. The number of furan rings is 1. The fraction of sp³-hybridized carbons (Fsp3) is 0.500. The molecule has 0 spiro atoms.